The predicted molar refractivity (Wildman–Crippen MR) is 82.1 cm³/mol. The summed E-state index contributed by atoms with van der Waals surface area (Å²) in [7, 11) is 0. The van der Waals surface area contributed by atoms with Crippen LogP contribution in [0, 0.1) is 0 Å². The van der Waals surface area contributed by atoms with Gasteiger partial charge in [0.1, 0.15) is 5.82 Å². The molecule has 0 aromatic carbocycles. The van der Waals surface area contributed by atoms with Gasteiger partial charge in [-0.25, -0.2) is 4.98 Å². The molecular weight excluding hydrogens is 274 g/mol. The summed E-state index contributed by atoms with van der Waals surface area (Å²) in [6.45, 7) is 5.71. The maximum absolute atomic E-state index is 11.7. The maximum Gasteiger partial charge on any atom is 0.233 e. The molecule has 1 aromatic rings. The number of carbonyl (C=O) groups is 1. The van der Waals surface area contributed by atoms with E-state index >= 15 is 0 Å². The van der Waals surface area contributed by atoms with Crippen molar-refractivity contribution in [1.82, 2.24) is 10.3 Å². The molecule has 5 nitrogen and oxygen atoms in total. The third kappa shape index (κ3) is 4.11. The summed E-state index contributed by atoms with van der Waals surface area (Å²) in [5.74, 6) is 1.04. The van der Waals surface area contributed by atoms with Crippen molar-refractivity contribution in [2.24, 2.45) is 0 Å². The Balaban J connectivity index is 1.86. The van der Waals surface area contributed by atoms with E-state index in [-0.39, 0.29) is 11.2 Å². The van der Waals surface area contributed by atoms with Crippen molar-refractivity contribution in [2.75, 3.05) is 37.5 Å². The molecule has 0 saturated carbocycles. The summed E-state index contributed by atoms with van der Waals surface area (Å²) in [6, 6.07) is 4.02. The molecule has 2 rings (SSSR count). The lowest BCUT2D eigenvalue weighted by molar-refractivity contribution is -0.120. The lowest BCUT2D eigenvalue weighted by Gasteiger charge is -2.27. The molecule has 1 saturated heterocycles. The van der Waals surface area contributed by atoms with Gasteiger partial charge in [-0.2, -0.15) is 11.8 Å². The Labute approximate surface area is 124 Å². The van der Waals surface area contributed by atoms with Crippen LogP contribution in [0.15, 0.2) is 18.3 Å². The van der Waals surface area contributed by atoms with E-state index in [2.05, 4.69) is 15.2 Å². The zero-order chi connectivity index (χ0) is 14.4. The molecule has 0 unspecified atom stereocenters. The third-order valence-corrected chi connectivity index (χ3v) is 4.25. The first kappa shape index (κ1) is 15.1. The number of morpholine rings is 1. The van der Waals surface area contributed by atoms with E-state index in [0.29, 0.717) is 6.54 Å². The monoisotopic (exact) mass is 295 g/mol. The summed E-state index contributed by atoms with van der Waals surface area (Å²) in [5.41, 5.74) is 1.02. The van der Waals surface area contributed by atoms with Crippen LogP contribution in [0.25, 0.3) is 0 Å². The normalized spacial score (nSPS) is 16.8. The molecule has 1 aliphatic heterocycles. The van der Waals surface area contributed by atoms with Crippen LogP contribution in [0.4, 0.5) is 5.82 Å². The molecule has 1 aliphatic rings. The molecule has 110 valence electrons. The van der Waals surface area contributed by atoms with Crippen LogP contribution in [0.2, 0.25) is 0 Å². The van der Waals surface area contributed by atoms with E-state index in [4.69, 9.17) is 4.74 Å². The minimum Gasteiger partial charge on any atom is -0.378 e. The smallest absolute Gasteiger partial charge is 0.233 e. The fraction of sp³-hybridized carbons (Fsp3) is 0.571. The topological polar surface area (TPSA) is 54.5 Å². The lowest BCUT2D eigenvalue weighted by Crippen LogP contribution is -2.36. The van der Waals surface area contributed by atoms with Gasteiger partial charge in [0, 0.05) is 25.8 Å². The van der Waals surface area contributed by atoms with Crippen LogP contribution >= 0.6 is 11.8 Å². The SMILES string of the molecule is CS[C@H](C)C(=O)NCc1ccc(N2CCOCC2)nc1. The van der Waals surface area contributed by atoms with Gasteiger partial charge in [0.15, 0.2) is 0 Å². The van der Waals surface area contributed by atoms with Crippen molar-refractivity contribution in [2.45, 2.75) is 18.7 Å². The van der Waals surface area contributed by atoms with Gasteiger partial charge >= 0.3 is 0 Å². The molecule has 1 fully saturated rings. The number of anilines is 1. The van der Waals surface area contributed by atoms with Crippen LogP contribution < -0.4 is 10.2 Å². The summed E-state index contributed by atoms with van der Waals surface area (Å²) in [5, 5.41) is 2.90. The number of pyridine rings is 1. The van der Waals surface area contributed by atoms with Crippen molar-refractivity contribution in [1.29, 1.82) is 0 Å². The Morgan fingerprint density at radius 2 is 2.25 bits per heavy atom. The van der Waals surface area contributed by atoms with E-state index in [9.17, 15) is 4.79 Å². The Hall–Kier alpha value is -1.27. The molecule has 0 spiro atoms. The van der Waals surface area contributed by atoms with Crippen LogP contribution in [0.5, 0.6) is 0 Å². The van der Waals surface area contributed by atoms with Crippen molar-refractivity contribution in [3.8, 4) is 0 Å². The van der Waals surface area contributed by atoms with Gasteiger partial charge in [0.2, 0.25) is 5.91 Å². The largest absolute Gasteiger partial charge is 0.378 e. The zero-order valence-electron chi connectivity index (χ0n) is 12.0. The molecular formula is C14H21N3O2S. The summed E-state index contributed by atoms with van der Waals surface area (Å²) < 4.78 is 5.32. The lowest BCUT2D eigenvalue weighted by atomic mass is 10.2. The highest BCUT2D eigenvalue weighted by Crippen LogP contribution is 2.13. The highest BCUT2D eigenvalue weighted by Gasteiger charge is 2.13. The van der Waals surface area contributed by atoms with E-state index in [0.717, 1.165) is 37.7 Å². The molecule has 6 heteroatoms. The number of amides is 1. The van der Waals surface area contributed by atoms with Gasteiger partial charge in [-0.05, 0) is 24.8 Å². The number of ether oxygens (including phenoxy) is 1. The number of thioether (sulfide) groups is 1. The number of nitrogens with zero attached hydrogens (tertiary/aromatic N) is 2. The van der Waals surface area contributed by atoms with Crippen molar-refractivity contribution in [3.63, 3.8) is 0 Å². The average molecular weight is 295 g/mol. The maximum atomic E-state index is 11.7. The fourth-order valence-electron chi connectivity index (χ4n) is 1.94. The molecule has 0 aliphatic carbocycles. The quantitative estimate of drug-likeness (QED) is 0.887. The molecule has 2 heterocycles. The first-order chi connectivity index (χ1) is 9.70. The second-order valence-corrected chi connectivity index (χ2v) is 5.90. The van der Waals surface area contributed by atoms with Crippen molar-refractivity contribution < 1.29 is 9.53 Å². The van der Waals surface area contributed by atoms with Gasteiger partial charge < -0.3 is 15.0 Å². The van der Waals surface area contributed by atoms with Crippen LogP contribution in [-0.2, 0) is 16.1 Å². The first-order valence-electron chi connectivity index (χ1n) is 6.79. The Morgan fingerprint density at radius 3 is 2.85 bits per heavy atom. The molecule has 20 heavy (non-hydrogen) atoms. The molecule has 0 radical (unpaired) electrons. The minimum absolute atomic E-state index is 0.0180. The minimum atomic E-state index is -0.0180. The first-order valence-corrected chi connectivity index (χ1v) is 8.07. The van der Waals surface area contributed by atoms with E-state index in [1.807, 2.05) is 31.5 Å². The Kier molecular flexibility index (Phi) is 5.67. The molecule has 1 amide bonds. The molecule has 0 bridgehead atoms. The van der Waals surface area contributed by atoms with Crippen LogP contribution in [0.1, 0.15) is 12.5 Å². The number of aromatic nitrogens is 1. The standard InChI is InChI=1S/C14H21N3O2S/c1-11(20-2)14(18)16-10-12-3-4-13(15-9-12)17-5-7-19-8-6-17/h3-4,9,11H,5-8,10H2,1-2H3,(H,16,18)/t11-/m1/s1. The van der Waals surface area contributed by atoms with E-state index in [1.165, 1.54) is 0 Å². The Morgan fingerprint density at radius 1 is 1.50 bits per heavy atom. The third-order valence-electron chi connectivity index (χ3n) is 3.33. The van der Waals surface area contributed by atoms with Crippen LogP contribution in [-0.4, -0.2) is 48.7 Å². The predicted octanol–water partition coefficient (Wildman–Crippen LogP) is 1.29. The van der Waals surface area contributed by atoms with Gasteiger partial charge in [-0.3, -0.25) is 4.79 Å². The number of rotatable bonds is 5. The van der Waals surface area contributed by atoms with Gasteiger partial charge in [0.05, 0.1) is 18.5 Å². The van der Waals surface area contributed by atoms with E-state index in [1.54, 1.807) is 11.8 Å². The number of hydrogen-bond acceptors (Lipinski definition) is 5. The van der Waals surface area contributed by atoms with Gasteiger partial charge in [0.25, 0.3) is 0 Å². The van der Waals surface area contributed by atoms with Crippen molar-refractivity contribution >= 4 is 23.5 Å². The van der Waals surface area contributed by atoms with E-state index < -0.39 is 0 Å². The molecule has 1 N–H and O–H groups in total. The molecule has 1 aromatic heterocycles. The van der Waals surface area contributed by atoms with Crippen molar-refractivity contribution in [3.05, 3.63) is 23.9 Å². The Bertz CT molecular complexity index is 433. The highest BCUT2D eigenvalue weighted by atomic mass is 32.2. The second-order valence-electron chi connectivity index (χ2n) is 4.72. The second kappa shape index (κ2) is 7.50. The van der Waals surface area contributed by atoms with Gasteiger partial charge in [-0.15, -0.1) is 0 Å². The average Bonchev–Trinajstić information content (AvgIpc) is 2.53. The summed E-state index contributed by atoms with van der Waals surface area (Å²) >= 11 is 1.54. The van der Waals surface area contributed by atoms with Crippen LogP contribution in [0.3, 0.4) is 0 Å². The van der Waals surface area contributed by atoms with Gasteiger partial charge in [-0.1, -0.05) is 6.07 Å². The summed E-state index contributed by atoms with van der Waals surface area (Å²) in [6.07, 6.45) is 3.76. The molecule has 1 atom stereocenters. The summed E-state index contributed by atoms with van der Waals surface area (Å²) in [4.78, 5) is 18.4. The number of hydrogen-bond donors (Lipinski definition) is 1. The number of carbonyl (C=O) groups excluding carboxylic acids is 1. The number of nitrogens with one attached hydrogen (secondary N) is 1. The highest BCUT2D eigenvalue weighted by molar-refractivity contribution is 7.99. The fourth-order valence-corrected chi connectivity index (χ4v) is 2.24. The zero-order valence-corrected chi connectivity index (χ0v) is 12.8.